The molecule has 0 spiro atoms. The number of nitrogens with zero attached hydrogens (tertiary/aromatic N) is 1. The molecular formula is C17H28N2O. The van der Waals surface area contributed by atoms with Crippen molar-refractivity contribution >= 4 is 0 Å². The van der Waals surface area contributed by atoms with Crippen molar-refractivity contribution < 1.29 is 4.74 Å². The molecule has 2 rings (SSSR count). The van der Waals surface area contributed by atoms with Crippen molar-refractivity contribution in [2.75, 3.05) is 26.7 Å². The molecule has 0 atom stereocenters. The SMILES string of the molecule is CCCCN1CCC(NCc2cccc(OC)c2)CC1. The van der Waals surface area contributed by atoms with Crippen LogP contribution in [0.4, 0.5) is 0 Å². The first-order valence-electron chi connectivity index (χ1n) is 7.90. The van der Waals surface area contributed by atoms with Gasteiger partial charge in [0, 0.05) is 12.6 Å². The third kappa shape index (κ3) is 4.80. The molecule has 1 aliphatic rings. The van der Waals surface area contributed by atoms with Gasteiger partial charge in [0.15, 0.2) is 0 Å². The van der Waals surface area contributed by atoms with E-state index in [1.165, 1.54) is 50.9 Å². The summed E-state index contributed by atoms with van der Waals surface area (Å²) in [6, 6.07) is 8.99. The summed E-state index contributed by atoms with van der Waals surface area (Å²) < 4.78 is 5.26. The summed E-state index contributed by atoms with van der Waals surface area (Å²) >= 11 is 0. The van der Waals surface area contributed by atoms with Gasteiger partial charge in [-0.05, 0) is 56.6 Å². The van der Waals surface area contributed by atoms with E-state index in [2.05, 4.69) is 35.3 Å². The number of benzene rings is 1. The minimum absolute atomic E-state index is 0.666. The third-order valence-electron chi connectivity index (χ3n) is 4.14. The molecule has 0 unspecified atom stereocenters. The Bertz CT molecular complexity index is 386. The Kier molecular flexibility index (Phi) is 6.34. The van der Waals surface area contributed by atoms with Crippen LogP contribution < -0.4 is 10.1 Å². The van der Waals surface area contributed by atoms with Crippen LogP contribution in [0.2, 0.25) is 0 Å². The maximum atomic E-state index is 5.26. The van der Waals surface area contributed by atoms with E-state index in [1.807, 2.05) is 6.07 Å². The largest absolute Gasteiger partial charge is 0.497 e. The molecule has 0 amide bonds. The lowest BCUT2D eigenvalue weighted by Gasteiger charge is -2.32. The summed E-state index contributed by atoms with van der Waals surface area (Å²) in [5.41, 5.74) is 1.30. The van der Waals surface area contributed by atoms with E-state index in [4.69, 9.17) is 4.74 Å². The molecule has 1 saturated heterocycles. The zero-order chi connectivity index (χ0) is 14.2. The molecule has 20 heavy (non-hydrogen) atoms. The van der Waals surface area contributed by atoms with Crippen molar-refractivity contribution in [3.63, 3.8) is 0 Å². The molecule has 0 aliphatic carbocycles. The number of rotatable bonds is 7. The highest BCUT2D eigenvalue weighted by atomic mass is 16.5. The van der Waals surface area contributed by atoms with E-state index in [0.29, 0.717) is 6.04 Å². The Labute approximate surface area is 123 Å². The predicted molar refractivity (Wildman–Crippen MR) is 84.2 cm³/mol. The first-order chi connectivity index (χ1) is 9.81. The quantitative estimate of drug-likeness (QED) is 0.828. The lowest BCUT2D eigenvalue weighted by Crippen LogP contribution is -2.42. The molecule has 3 heteroatoms. The van der Waals surface area contributed by atoms with Gasteiger partial charge in [0.1, 0.15) is 5.75 Å². The van der Waals surface area contributed by atoms with Crippen LogP contribution in [0.1, 0.15) is 38.2 Å². The Morgan fingerprint density at radius 3 is 2.80 bits per heavy atom. The Balaban J connectivity index is 1.70. The van der Waals surface area contributed by atoms with E-state index in [1.54, 1.807) is 7.11 Å². The normalized spacial score (nSPS) is 17.3. The molecule has 0 aromatic heterocycles. The molecule has 0 bridgehead atoms. The molecule has 1 aromatic rings. The molecule has 0 radical (unpaired) electrons. The van der Waals surface area contributed by atoms with Gasteiger partial charge in [0.25, 0.3) is 0 Å². The minimum Gasteiger partial charge on any atom is -0.497 e. The van der Waals surface area contributed by atoms with Gasteiger partial charge in [0.05, 0.1) is 7.11 Å². The maximum absolute atomic E-state index is 5.26. The van der Waals surface area contributed by atoms with Crippen LogP contribution in [-0.4, -0.2) is 37.7 Å². The van der Waals surface area contributed by atoms with Gasteiger partial charge in [-0.15, -0.1) is 0 Å². The average Bonchev–Trinajstić information content (AvgIpc) is 2.52. The summed E-state index contributed by atoms with van der Waals surface area (Å²) in [6.45, 7) is 6.98. The van der Waals surface area contributed by atoms with Crippen LogP contribution >= 0.6 is 0 Å². The second-order valence-electron chi connectivity index (χ2n) is 5.70. The Morgan fingerprint density at radius 2 is 2.10 bits per heavy atom. The molecule has 3 nitrogen and oxygen atoms in total. The smallest absolute Gasteiger partial charge is 0.119 e. The first-order valence-corrected chi connectivity index (χ1v) is 7.90. The van der Waals surface area contributed by atoms with Crippen LogP contribution in [0, 0.1) is 0 Å². The number of piperidine rings is 1. The molecule has 1 aliphatic heterocycles. The highest BCUT2D eigenvalue weighted by Crippen LogP contribution is 2.15. The van der Waals surface area contributed by atoms with Crippen molar-refractivity contribution in [3.05, 3.63) is 29.8 Å². The fourth-order valence-electron chi connectivity index (χ4n) is 2.79. The van der Waals surface area contributed by atoms with Crippen LogP contribution in [0.5, 0.6) is 5.75 Å². The standard InChI is InChI=1S/C17H28N2O/c1-3-4-10-19-11-8-16(9-12-19)18-14-15-6-5-7-17(13-15)20-2/h5-7,13,16,18H,3-4,8-12,14H2,1-2H3. The average molecular weight is 276 g/mol. The number of methoxy groups -OCH3 is 1. The summed E-state index contributed by atoms with van der Waals surface area (Å²) in [5.74, 6) is 0.943. The lowest BCUT2D eigenvalue weighted by molar-refractivity contribution is 0.195. The van der Waals surface area contributed by atoms with E-state index in [9.17, 15) is 0 Å². The minimum atomic E-state index is 0.666. The first kappa shape index (κ1) is 15.3. The fourth-order valence-corrected chi connectivity index (χ4v) is 2.79. The number of likely N-dealkylation sites (tertiary alicyclic amines) is 1. The number of hydrogen-bond donors (Lipinski definition) is 1. The summed E-state index contributed by atoms with van der Waals surface area (Å²) in [4.78, 5) is 2.60. The van der Waals surface area contributed by atoms with Gasteiger partial charge >= 0.3 is 0 Å². The van der Waals surface area contributed by atoms with E-state index < -0.39 is 0 Å². The molecule has 112 valence electrons. The highest BCUT2D eigenvalue weighted by molar-refractivity contribution is 5.28. The molecule has 0 saturated carbocycles. The van der Waals surface area contributed by atoms with Crippen LogP contribution in [0.3, 0.4) is 0 Å². The summed E-state index contributed by atoms with van der Waals surface area (Å²) in [7, 11) is 1.72. The number of unbranched alkanes of at least 4 members (excludes halogenated alkanes) is 1. The van der Waals surface area contributed by atoms with Gasteiger partial charge in [-0.1, -0.05) is 25.5 Å². The zero-order valence-electron chi connectivity index (χ0n) is 12.9. The topological polar surface area (TPSA) is 24.5 Å². The number of nitrogens with one attached hydrogen (secondary N) is 1. The van der Waals surface area contributed by atoms with Crippen LogP contribution in [0.25, 0.3) is 0 Å². The molecular weight excluding hydrogens is 248 g/mol. The van der Waals surface area contributed by atoms with Crippen LogP contribution in [0.15, 0.2) is 24.3 Å². The van der Waals surface area contributed by atoms with Gasteiger partial charge in [-0.3, -0.25) is 0 Å². The second-order valence-corrected chi connectivity index (χ2v) is 5.70. The van der Waals surface area contributed by atoms with E-state index >= 15 is 0 Å². The number of ether oxygens (including phenoxy) is 1. The summed E-state index contributed by atoms with van der Waals surface area (Å²) in [6.07, 6.45) is 5.18. The second kappa shape index (κ2) is 8.28. The van der Waals surface area contributed by atoms with Crippen molar-refractivity contribution in [2.45, 2.75) is 45.2 Å². The van der Waals surface area contributed by atoms with Gasteiger partial charge < -0.3 is 15.0 Å². The fraction of sp³-hybridized carbons (Fsp3) is 0.647. The zero-order valence-corrected chi connectivity index (χ0v) is 12.9. The van der Waals surface area contributed by atoms with Gasteiger partial charge in [-0.2, -0.15) is 0 Å². The summed E-state index contributed by atoms with van der Waals surface area (Å²) in [5, 5.41) is 3.68. The lowest BCUT2D eigenvalue weighted by atomic mass is 10.0. The molecule has 1 aromatic carbocycles. The van der Waals surface area contributed by atoms with Crippen molar-refractivity contribution in [2.24, 2.45) is 0 Å². The van der Waals surface area contributed by atoms with E-state index in [0.717, 1.165) is 12.3 Å². The predicted octanol–water partition coefficient (Wildman–Crippen LogP) is 3.05. The molecule has 1 heterocycles. The monoisotopic (exact) mass is 276 g/mol. The third-order valence-corrected chi connectivity index (χ3v) is 4.14. The van der Waals surface area contributed by atoms with Gasteiger partial charge in [-0.25, -0.2) is 0 Å². The van der Waals surface area contributed by atoms with Gasteiger partial charge in [0.2, 0.25) is 0 Å². The number of hydrogen-bond acceptors (Lipinski definition) is 3. The highest BCUT2D eigenvalue weighted by Gasteiger charge is 2.17. The van der Waals surface area contributed by atoms with Crippen molar-refractivity contribution in [1.29, 1.82) is 0 Å². The van der Waals surface area contributed by atoms with Crippen LogP contribution in [-0.2, 0) is 6.54 Å². The van der Waals surface area contributed by atoms with E-state index in [-0.39, 0.29) is 0 Å². The Morgan fingerprint density at radius 1 is 1.30 bits per heavy atom. The van der Waals surface area contributed by atoms with Crippen molar-refractivity contribution in [1.82, 2.24) is 10.2 Å². The Hall–Kier alpha value is -1.06. The maximum Gasteiger partial charge on any atom is 0.119 e. The van der Waals surface area contributed by atoms with Crippen molar-refractivity contribution in [3.8, 4) is 5.75 Å². The molecule has 1 fully saturated rings. The molecule has 1 N–H and O–H groups in total.